The molecule has 1 saturated heterocycles. The van der Waals surface area contributed by atoms with Crippen molar-refractivity contribution in [1.82, 2.24) is 5.32 Å². The summed E-state index contributed by atoms with van der Waals surface area (Å²) in [7, 11) is 1.61. The highest BCUT2D eigenvalue weighted by Gasteiger charge is 2.33. The molecule has 0 saturated carbocycles. The van der Waals surface area contributed by atoms with Crippen LogP contribution in [0, 0.1) is 0 Å². The lowest BCUT2D eigenvalue weighted by Gasteiger charge is -2.33. The van der Waals surface area contributed by atoms with E-state index in [1.165, 1.54) is 0 Å². The van der Waals surface area contributed by atoms with Crippen LogP contribution in [0.15, 0.2) is 18.2 Å². The van der Waals surface area contributed by atoms with Gasteiger partial charge in [-0.1, -0.05) is 11.6 Å². The minimum absolute atomic E-state index is 0.542. The first-order valence-corrected chi connectivity index (χ1v) is 5.81. The number of nitrogens with one attached hydrogen (secondary N) is 1. The van der Waals surface area contributed by atoms with Crippen LogP contribution in [0.5, 0.6) is 5.75 Å². The molecule has 1 aromatic carbocycles. The fourth-order valence-electron chi connectivity index (χ4n) is 2.11. The smallest absolute Gasteiger partial charge is 0.119 e. The van der Waals surface area contributed by atoms with Crippen molar-refractivity contribution in [3.63, 3.8) is 0 Å². The molecule has 1 aromatic rings. The molecule has 88 valence electrons. The maximum atomic E-state index is 10.5. The lowest BCUT2D eigenvalue weighted by atomic mass is 9.86. The van der Waals surface area contributed by atoms with E-state index >= 15 is 0 Å². The lowest BCUT2D eigenvalue weighted by Crippen LogP contribution is -2.43. The predicted octanol–water partition coefficient (Wildman–Crippen LogP) is 1.92. The molecule has 3 nitrogen and oxygen atoms in total. The highest BCUT2D eigenvalue weighted by molar-refractivity contribution is 6.31. The molecule has 1 atom stereocenters. The largest absolute Gasteiger partial charge is 0.497 e. The van der Waals surface area contributed by atoms with Crippen LogP contribution in [0.2, 0.25) is 5.02 Å². The lowest BCUT2D eigenvalue weighted by molar-refractivity contribution is 0.0122. The number of rotatable bonds is 2. The average molecular weight is 242 g/mol. The summed E-state index contributed by atoms with van der Waals surface area (Å²) in [6.07, 6.45) is 1.68. The van der Waals surface area contributed by atoms with Crippen LogP contribution in [-0.2, 0) is 5.60 Å². The van der Waals surface area contributed by atoms with E-state index in [0.717, 1.165) is 30.7 Å². The Hall–Kier alpha value is -0.770. The van der Waals surface area contributed by atoms with Crippen LogP contribution < -0.4 is 10.1 Å². The molecule has 0 radical (unpaired) electrons. The Morgan fingerprint density at radius 2 is 2.31 bits per heavy atom. The minimum atomic E-state index is -0.871. The molecule has 0 bridgehead atoms. The van der Waals surface area contributed by atoms with Crippen LogP contribution in [-0.4, -0.2) is 25.3 Å². The Kier molecular flexibility index (Phi) is 3.38. The van der Waals surface area contributed by atoms with Gasteiger partial charge in [0.05, 0.1) is 7.11 Å². The Balaban J connectivity index is 2.37. The van der Waals surface area contributed by atoms with Crippen molar-refractivity contribution in [2.75, 3.05) is 20.2 Å². The molecule has 1 fully saturated rings. The van der Waals surface area contributed by atoms with E-state index in [4.69, 9.17) is 16.3 Å². The molecule has 2 rings (SSSR count). The standard InChI is InChI=1S/C12H16ClNO2/c1-16-9-3-4-11(13)10(7-9)12(15)5-2-6-14-8-12/h3-4,7,14-15H,2,5-6,8H2,1H3. The second-order valence-corrected chi connectivity index (χ2v) is 4.56. The van der Waals surface area contributed by atoms with E-state index in [2.05, 4.69) is 5.32 Å². The topological polar surface area (TPSA) is 41.5 Å². The summed E-state index contributed by atoms with van der Waals surface area (Å²) >= 11 is 6.13. The molecular formula is C12H16ClNO2. The average Bonchev–Trinajstić information content (AvgIpc) is 2.30. The van der Waals surface area contributed by atoms with Crippen LogP contribution >= 0.6 is 11.6 Å². The fourth-order valence-corrected chi connectivity index (χ4v) is 2.40. The molecular weight excluding hydrogens is 226 g/mol. The number of hydrogen-bond acceptors (Lipinski definition) is 3. The van der Waals surface area contributed by atoms with Gasteiger partial charge in [-0.05, 0) is 37.6 Å². The molecule has 1 heterocycles. The van der Waals surface area contributed by atoms with Gasteiger partial charge in [0, 0.05) is 17.1 Å². The number of β-amino-alcohol motifs (C(OH)–C–C–N with tert-alkyl or cyclic N) is 1. The van der Waals surface area contributed by atoms with Gasteiger partial charge in [-0.25, -0.2) is 0 Å². The maximum absolute atomic E-state index is 10.5. The number of piperidine rings is 1. The van der Waals surface area contributed by atoms with Crippen LogP contribution in [0.1, 0.15) is 18.4 Å². The summed E-state index contributed by atoms with van der Waals surface area (Å²) in [4.78, 5) is 0. The number of aliphatic hydroxyl groups is 1. The van der Waals surface area contributed by atoms with Gasteiger partial charge in [0.2, 0.25) is 0 Å². The number of methoxy groups -OCH3 is 1. The molecule has 1 unspecified atom stereocenters. The molecule has 4 heteroatoms. The van der Waals surface area contributed by atoms with Crippen LogP contribution in [0.3, 0.4) is 0 Å². The van der Waals surface area contributed by atoms with Gasteiger partial charge in [0.1, 0.15) is 11.4 Å². The van der Waals surface area contributed by atoms with E-state index < -0.39 is 5.60 Å². The number of benzene rings is 1. The third-order valence-electron chi connectivity index (χ3n) is 3.04. The molecule has 2 N–H and O–H groups in total. The van der Waals surface area contributed by atoms with Gasteiger partial charge in [-0.2, -0.15) is 0 Å². The molecule has 0 aromatic heterocycles. The monoisotopic (exact) mass is 241 g/mol. The zero-order valence-corrected chi connectivity index (χ0v) is 10.0. The van der Waals surface area contributed by atoms with Gasteiger partial charge in [-0.15, -0.1) is 0 Å². The van der Waals surface area contributed by atoms with Crippen molar-refractivity contribution in [3.05, 3.63) is 28.8 Å². The predicted molar refractivity (Wildman–Crippen MR) is 64.0 cm³/mol. The Bertz CT molecular complexity index is 375. The second kappa shape index (κ2) is 4.62. The normalized spacial score (nSPS) is 25.4. The SMILES string of the molecule is COc1ccc(Cl)c(C2(O)CCCNC2)c1. The van der Waals surface area contributed by atoms with E-state index in [1.807, 2.05) is 6.07 Å². The summed E-state index contributed by atoms with van der Waals surface area (Å²) in [5.41, 5.74) is -0.120. The zero-order chi connectivity index (χ0) is 11.6. The summed E-state index contributed by atoms with van der Waals surface area (Å²) in [5.74, 6) is 0.721. The Labute approximate surface area is 100 Å². The van der Waals surface area contributed by atoms with E-state index in [-0.39, 0.29) is 0 Å². The summed E-state index contributed by atoms with van der Waals surface area (Å²) in [6, 6.07) is 5.38. The minimum Gasteiger partial charge on any atom is -0.497 e. The fraction of sp³-hybridized carbons (Fsp3) is 0.500. The maximum Gasteiger partial charge on any atom is 0.119 e. The first kappa shape index (κ1) is 11.7. The zero-order valence-electron chi connectivity index (χ0n) is 9.29. The number of ether oxygens (including phenoxy) is 1. The van der Waals surface area contributed by atoms with Crippen molar-refractivity contribution in [1.29, 1.82) is 0 Å². The van der Waals surface area contributed by atoms with Gasteiger partial charge in [0.15, 0.2) is 0 Å². The molecule has 1 aliphatic heterocycles. The third kappa shape index (κ3) is 2.17. The Morgan fingerprint density at radius 3 is 2.94 bits per heavy atom. The van der Waals surface area contributed by atoms with Gasteiger partial charge < -0.3 is 15.2 Å². The Morgan fingerprint density at radius 1 is 1.50 bits per heavy atom. The van der Waals surface area contributed by atoms with Crippen molar-refractivity contribution in [2.24, 2.45) is 0 Å². The summed E-state index contributed by atoms with van der Waals surface area (Å²) in [5, 5.41) is 14.3. The third-order valence-corrected chi connectivity index (χ3v) is 3.37. The van der Waals surface area contributed by atoms with Gasteiger partial charge in [0.25, 0.3) is 0 Å². The molecule has 16 heavy (non-hydrogen) atoms. The van der Waals surface area contributed by atoms with Crippen molar-refractivity contribution < 1.29 is 9.84 Å². The van der Waals surface area contributed by atoms with Crippen LogP contribution in [0.25, 0.3) is 0 Å². The number of halogens is 1. The first-order chi connectivity index (χ1) is 7.65. The van der Waals surface area contributed by atoms with Crippen molar-refractivity contribution >= 4 is 11.6 Å². The van der Waals surface area contributed by atoms with Crippen molar-refractivity contribution in [2.45, 2.75) is 18.4 Å². The van der Waals surface area contributed by atoms with E-state index in [1.54, 1.807) is 19.2 Å². The molecule has 0 aliphatic carbocycles. The quantitative estimate of drug-likeness (QED) is 0.831. The highest BCUT2D eigenvalue weighted by atomic mass is 35.5. The molecule has 1 aliphatic rings. The van der Waals surface area contributed by atoms with Gasteiger partial charge >= 0.3 is 0 Å². The summed E-state index contributed by atoms with van der Waals surface area (Å²) < 4.78 is 5.16. The number of hydrogen-bond donors (Lipinski definition) is 2. The van der Waals surface area contributed by atoms with E-state index in [9.17, 15) is 5.11 Å². The van der Waals surface area contributed by atoms with Crippen molar-refractivity contribution in [3.8, 4) is 5.75 Å². The van der Waals surface area contributed by atoms with Crippen LogP contribution in [0.4, 0.5) is 0 Å². The summed E-state index contributed by atoms with van der Waals surface area (Å²) in [6.45, 7) is 1.49. The van der Waals surface area contributed by atoms with E-state index in [0.29, 0.717) is 11.6 Å². The second-order valence-electron chi connectivity index (χ2n) is 4.16. The first-order valence-electron chi connectivity index (χ1n) is 5.43. The molecule has 0 spiro atoms. The molecule has 0 amide bonds. The highest BCUT2D eigenvalue weighted by Crippen LogP contribution is 2.35. The van der Waals surface area contributed by atoms with Gasteiger partial charge in [-0.3, -0.25) is 0 Å².